The minimum Gasteiger partial charge on any atom is -0.490 e. The van der Waals surface area contributed by atoms with Crippen LogP contribution in [0, 0.1) is 0 Å². The molecule has 0 aliphatic rings. The van der Waals surface area contributed by atoms with Crippen molar-refractivity contribution in [3.05, 3.63) is 6.26 Å². The van der Waals surface area contributed by atoms with Crippen LogP contribution in [0.15, 0.2) is 6.26 Å². The first-order valence-electron chi connectivity index (χ1n) is 2.72. The summed E-state index contributed by atoms with van der Waals surface area (Å²) in [7, 11) is 0. The first kappa shape index (κ1) is 7.25. The van der Waals surface area contributed by atoms with E-state index in [1.807, 2.05) is 0 Å². The second kappa shape index (κ2) is 6.25. The van der Waals surface area contributed by atoms with Crippen LogP contribution in [0.1, 0.15) is 19.8 Å². The van der Waals surface area contributed by atoms with E-state index in [4.69, 9.17) is 0 Å². The first-order valence-corrected chi connectivity index (χ1v) is 2.72. The zero-order valence-corrected chi connectivity index (χ0v) is 5.02. The van der Waals surface area contributed by atoms with Crippen molar-refractivity contribution in [1.29, 1.82) is 0 Å². The van der Waals surface area contributed by atoms with Gasteiger partial charge in [-0.15, -0.1) is 0 Å². The molecule has 0 heterocycles. The molecule has 0 aliphatic carbocycles. The maximum Gasteiger partial charge on any atom is 0.166 e. The van der Waals surface area contributed by atoms with Crippen LogP contribution in [0.25, 0.3) is 0 Å². The highest BCUT2D eigenvalue weighted by Gasteiger charge is 1.77. The van der Waals surface area contributed by atoms with E-state index in [1.165, 1.54) is 5.94 Å². The Kier molecular flexibility index (Phi) is 5.66. The molecule has 0 N–H and O–H groups in total. The Morgan fingerprint density at radius 2 is 2.50 bits per heavy atom. The van der Waals surface area contributed by atoms with Gasteiger partial charge in [0.25, 0.3) is 0 Å². The van der Waals surface area contributed by atoms with Crippen LogP contribution in [0.4, 0.5) is 0 Å². The lowest BCUT2D eigenvalue weighted by molar-refractivity contribution is 0.246. The third-order valence-corrected chi connectivity index (χ3v) is 0.747. The van der Waals surface area contributed by atoms with Gasteiger partial charge in [0, 0.05) is 0 Å². The van der Waals surface area contributed by atoms with E-state index in [0.29, 0.717) is 6.61 Å². The lowest BCUT2D eigenvalue weighted by atomic mass is 10.4. The first-order chi connectivity index (χ1) is 3.91. The summed E-state index contributed by atoms with van der Waals surface area (Å²) in [6.45, 7) is 2.69. The Morgan fingerprint density at radius 1 is 1.75 bits per heavy atom. The van der Waals surface area contributed by atoms with Gasteiger partial charge in [-0.2, -0.15) is 0 Å². The molecule has 0 atom stereocenters. The third kappa shape index (κ3) is 5.25. The quantitative estimate of drug-likeness (QED) is 0.311. The molecule has 2 heteroatoms. The monoisotopic (exact) mass is 114 g/mol. The number of hydrogen-bond acceptors (Lipinski definition) is 2. The zero-order chi connectivity index (χ0) is 6.24. The molecule has 0 saturated heterocycles. The van der Waals surface area contributed by atoms with Gasteiger partial charge in [0.1, 0.15) is 0 Å². The maximum atomic E-state index is 9.46. The normalized spacial score (nSPS) is 7.62. The fourth-order valence-corrected chi connectivity index (χ4v) is 0.321. The minimum absolute atomic E-state index is 0.631. The Bertz CT molecular complexity index is 82.5. The summed E-state index contributed by atoms with van der Waals surface area (Å²) >= 11 is 0. The predicted molar refractivity (Wildman–Crippen MR) is 31.1 cm³/mol. The van der Waals surface area contributed by atoms with Gasteiger partial charge >= 0.3 is 0 Å². The van der Waals surface area contributed by atoms with Gasteiger partial charge in [0.05, 0.1) is 6.61 Å². The molecular weight excluding hydrogens is 104 g/mol. The van der Waals surface area contributed by atoms with Gasteiger partial charge in [0.15, 0.2) is 12.2 Å². The van der Waals surface area contributed by atoms with Crippen LogP contribution in [0.3, 0.4) is 0 Å². The topological polar surface area (TPSA) is 26.3 Å². The lowest BCUT2D eigenvalue weighted by Gasteiger charge is -1.92. The molecule has 2 nitrogen and oxygen atoms in total. The van der Waals surface area contributed by atoms with Crippen molar-refractivity contribution < 1.29 is 9.53 Å². The number of unbranched alkanes of at least 4 members (excludes halogenated alkanes) is 1. The molecule has 0 saturated carbocycles. The standard InChI is InChI=1S/C6H10O2/c1-2-3-5-8-6-4-7/h6H,2-3,5H2,1H3. The van der Waals surface area contributed by atoms with Gasteiger partial charge in [-0.3, -0.25) is 0 Å². The van der Waals surface area contributed by atoms with Crippen molar-refractivity contribution in [2.24, 2.45) is 0 Å². The highest BCUT2D eigenvalue weighted by Crippen LogP contribution is 1.85. The fourth-order valence-electron chi connectivity index (χ4n) is 0.321. The molecule has 0 bridgehead atoms. The van der Waals surface area contributed by atoms with Gasteiger partial charge in [-0.1, -0.05) is 13.3 Å². The van der Waals surface area contributed by atoms with E-state index in [1.54, 1.807) is 0 Å². The molecule has 0 fully saturated rings. The molecule has 0 radical (unpaired) electrons. The Labute approximate surface area is 49.1 Å². The molecule has 46 valence electrons. The molecular formula is C6H10O2. The summed E-state index contributed by atoms with van der Waals surface area (Å²) in [5.41, 5.74) is 0. The van der Waals surface area contributed by atoms with Gasteiger partial charge in [-0.05, 0) is 6.42 Å². The molecule has 0 aromatic rings. The Hall–Kier alpha value is -0.750. The van der Waals surface area contributed by atoms with E-state index in [9.17, 15) is 4.79 Å². The van der Waals surface area contributed by atoms with Gasteiger partial charge in [0.2, 0.25) is 0 Å². The number of carbonyl (C=O) groups excluding carboxylic acids is 1. The van der Waals surface area contributed by atoms with E-state index < -0.39 is 0 Å². The van der Waals surface area contributed by atoms with Crippen LogP contribution in [0.5, 0.6) is 0 Å². The molecule has 0 aromatic heterocycles. The van der Waals surface area contributed by atoms with Crippen molar-refractivity contribution >= 4 is 5.94 Å². The van der Waals surface area contributed by atoms with Crippen molar-refractivity contribution in [1.82, 2.24) is 0 Å². The summed E-state index contributed by atoms with van der Waals surface area (Å²) in [6.07, 6.45) is 3.14. The molecule has 0 aliphatic heterocycles. The summed E-state index contributed by atoms with van der Waals surface area (Å²) < 4.78 is 4.67. The fraction of sp³-hybridized carbons (Fsp3) is 0.667. The van der Waals surface area contributed by atoms with Gasteiger partial charge < -0.3 is 4.74 Å². The summed E-state index contributed by atoms with van der Waals surface area (Å²) in [5, 5.41) is 0. The van der Waals surface area contributed by atoms with Crippen molar-refractivity contribution in [2.45, 2.75) is 19.8 Å². The SMILES string of the molecule is CCCCOC=C=O. The highest BCUT2D eigenvalue weighted by molar-refractivity contribution is 5.42. The second-order valence-electron chi connectivity index (χ2n) is 1.46. The van der Waals surface area contributed by atoms with E-state index in [2.05, 4.69) is 11.7 Å². The average molecular weight is 114 g/mol. The Morgan fingerprint density at radius 3 is 3.00 bits per heavy atom. The predicted octanol–water partition coefficient (Wildman–Crippen LogP) is 1.15. The summed E-state index contributed by atoms with van der Waals surface area (Å²) in [6, 6.07) is 0. The van der Waals surface area contributed by atoms with E-state index >= 15 is 0 Å². The van der Waals surface area contributed by atoms with Crippen LogP contribution in [-0.2, 0) is 9.53 Å². The summed E-state index contributed by atoms with van der Waals surface area (Å²) in [4.78, 5) is 9.46. The van der Waals surface area contributed by atoms with Crippen LogP contribution < -0.4 is 0 Å². The van der Waals surface area contributed by atoms with Crippen LogP contribution >= 0.6 is 0 Å². The third-order valence-electron chi connectivity index (χ3n) is 0.747. The number of hydrogen-bond donors (Lipinski definition) is 0. The molecule has 0 amide bonds. The molecule has 0 aromatic carbocycles. The second-order valence-corrected chi connectivity index (χ2v) is 1.46. The zero-order valence-electron chi connectivity index (χ0n) is 5.02. The van der Waals surface area contributed by atoms with Crippen LogP contribution in [0.2, 0.25) is 0 Å². The number of ether oxygens (including phenoxy) is 1. The van der Waals surface area contributed by atoms with Crippen LogP contribution in [-0.4, -0.2) is 12.5 Å². The maximum absolute atomic E-state index is 9.46. The number of rotatable bonds is 4. The largest absolute Gasteiger partial charge is 0.490 e. The van der Waals surface area contributed by atoms with Crippen molar-refractivity contribution in [3.63, 3.8) is 0 Å². The molecule has 8 heavy (non-hydrogen) atoms. The van der Waals surface area contributed by atoms with Crippen molar-refractivity contribution in [2.75, 3.05) is 6.61 Å². The average Bonchev–Trinajstić information content (AvgIpc) is 1.81. The Balaban J connectivity index is 2.82. The van der Waals surface area contributed by atoms with E-state index in [-0.39, 0.29) is 0 Å². The highest BCUT2D eigenvalue weighted by atomic mass is 16.5. The van der Waals surface area contributed by atoms with Crippen molar-refractivity contribution in [3.8, 4) is 0 Å². The summed E-state index contributed by atoms with van der Waals surface area (Å²) in [5.74, 6) is 1.53. The smallest absolute Gasteiger partial charge is 0.166 e. The van der Waals surface area contributed by atoms with E-state index in [0.717, 1.165) is 19.1 Å². The molecule has 0 rings (SSSR count). The molecule has 0 spiro atoms. The van der Waals surface area contributed by atoms with Gasteiger partial charge in [-0.25, -0.2) is 4.79 Å². The lowest BCUT2D eigenvalue weighted by Crippen LogP contribution is -1.84. The molecule has 0 unspecified atom stereocenters. The minimum atomic E-state index is 0.631.